The first kappa shape index (κ1) is 11.0. The second-order valence-electron chi connectivity index (χ2n) is 3.86. The first-order chi connectivity index (χ1) is 7.65. The molecule has 0 radical (unpaired) electrons. The highest BCUT2D eigenvalue weighted by Crippen LogP contribution is 2.31. The lowest BCUT2D eigenvalue weighted by Crippen LogP contribution is -2.06. The summed E-state index contributed by atoms with van der Waals surface area (Å²) in [6, 6.07) is 1.09. The Balaban J connectivity index is 2.63. The first-order valence-electron chi connectivity index (χ1n) is 5.23. The summed E-state index contributed by atoms with van der Waals surface area (Å²) in [5.74, 6) is -2.12. The molecule has 1 aromatic rings. The number of hydrogen-bond donors (Lipinski definition) is 0. The minimum atomic E-state index is -0.811. The van der Waals surface area contributed by atoms with Crippen molar-refractivity contribution in [1.29, 1.82) is 0 Å². The number of carbonyl (C=O) groups is 1. The number of carbonyl (C=O) groups excluding carboxylic acids is 1. The van der Waals surface area contributed by atoms with E-state index >= 15 is 0 Å². The van der Waals surface area contributed by atoms with E-state index in [9.17, 15) is 13.6 Å². The van der Waals surface area contributed by atoms with Gasteiger partial charge in [0.1, 0.15) is 0 Å². The summed E-state index contributed by atoms with van der Waals surface area (Å²) in [5, 5.41) is 0. The van der Waals surface area contributed by atoms with Gasteiger partial charge in [-0.25, -0.2) is 8.78 Å². The molecular formula is C12H12F2O2. The Morgan fingerprint density at radius 2 is 1.94 bits per heavy atom. The Hall–Kier alpha value is -1.45. The second kappa shape index (κ2) is 4.20. The van der Waals surface area contributed by atoms with E-state index in [0.29, 0.717) is 18.4 Å². The van der Waals surface area contributed by atoms with Gasteiger partial charge in [0.05, 0.1) is 7.11 Å². The Morgan fingerprint density at radius 1 is 1.25 bits per heavy atom. The summed E-state index contributed by atoms with van der Waals surface area (Å²) in [5.41, 5.74) is 0.467. The van der Waals surface area contributed by atoms with Gasteiger partial charge in [-0.3, -0.25) is 4.79 Å². The van der Waals surface area contributed by atoms with Crippen molar-refractivity contribution in [3.63, 3.8) is 0 Å². The third kappa shape index (κ3) is 1.68. The van der Waals surface area contributed by atoms with E-state index < -0.39 is 17.4 Å². The third-order valence-electron chi connectivity index (χ3n) is 2.86. The van der Waals surface area contributed by atoms with Gasteiger partial charge < -0.3 is 4.74 Å². The number of Topliss-reactive ketones (excluding diaryl/α,β-unsaturated/α-hetero) is 1. The molecule has 1 aliphatic carbocycles. The van der Waals surface area contributed by atoms with Gasteiger partial charge in [-0.15, -0.1) is 0 Å². The van der Waals surface area contributed by atoms with E-state index in [1.165, 1.54) is 7.11 Å². The van der Waals surface area contributed by atoms with Gasteiger partial charge in [0.25, 0.3) is 0 Å². The molecule has 0 amide bonds. The fourth-order valence-electron chi connectivity index (χ4n) is 2.04. The van der Waals surface area contributed by atoms with Crippen LogP contribution in [0.1, 0.15) is 35.2 Å². The first-order valence-corrected chi connectivity index (χ1v) is 5.23. The Bertz CT molecular complexity index is 441. The molecule has 0 bridgehead atoms. The summed E-state index contributed by atoms with van der Waals surface area (Å²) >= 11 is 0. The zero-order chi connectivity index (χ0) is 11.7. The normalized spacial score (nSPS) is 15.6. The maximum absolute atomic E-state index is 13.9. The predicted molar refractivity (Wildman–Crippen MR) is 54.8 cm³/mol. The lowest BCUT2D eigenvalue weighted by atomic mass is 10.0. The van der Waals surface area contributed by atoms with Crippen LogP contribution in [0.3, 0.4) is 0 Å². The molecule has 0 fully saturated rings. The van der Waals surface area contributed by atoms with Gasteiger partial charge in [0.15, 0.2) is 23.2 Å². The monoisotopic (exact) mass is 226 g/mol. The van der Waals surface area contributed by atoms with Crippen LogP contribution >= 0.6 is 0 Å². The largest absolute Gasteiger partial charge is 0.491 e. The second-order valence-corrected chi connectivity index (χ2v) is 3.86. The van der Waals surface area contributed by atoms with Crippen LogP contribution in [0.25, 0.3) is 0 Å². The van der Waals surface area contributed by atoms with Gasteiger partial charge in [-0.1, -0.05) is 0 Å². The van der Waals surface area contributed by atoms with Crippen LogP contribution in [0.15, 0.2) is 6.07 Å². The number of ketones is 1. The lowest BCUT2D eigenvalue weighted by Gasteiger charge is -2.10. The molecule has 0 saturated carbocycles. The fourth-order valence-corrected chi connectivity index (χ4v) is 2.04. The number of benzene rings is 1. The van der Waals surface area contributed by atoms with Crippen molar-refractivity contribution < 1.29 is 18.3 Å². The van der Waals surface area contributed by atoms with E-state index in [1.54, 1.807) is 0 Å². The molecule has 0 N–H and O–H groups in total. The average Bonchev–Trinajstić information content (AvgIpc) is 2.43. The quantitative estimate of drug-likeness (QED) is 0.688. The summed E-state index contributed by atoms with van der Waals surface area (Å²) in [6.45, 7) is 0. The minimum Gasteiger partial charge on any atom is -0.491 e. The fraction of sp³-hybridized carbons (Fsp3) is 0.417. The molecule has 2 nitrogen and oxygen atoms in total. The van der Waals surface area contributed by atoms with E-state index in [4.69, 9.17) is 0 Å². The van der Waals surface area contributed by atoms with Crippen LogP contribution in [0.2, 0.25) is 0 Å². The molecule has 4 heteroatoms. The zero-order valence-electron chi connectivity index (χ0n) is 8.98. The number of halogens is 2. The smallest absolute Gasteiger partial charge is 0.190 e. The summed E-state index contributed by atoms with van der Waals surface area (Å²) in [7, 11) is 1.21. The van der Waals surface area contributed by atoms with Crippen molar-refractivity contribution in [1.82, 2.24) is 0 Å². The van der Waals surface area contributed by atoms with E-state index in [0.717, 1.165) is 18.9 Å². The number of ether oxygens (including phenoxy) is 1. The molecule has 0 spiro atoms. The SMILES string of the molecule is COc1c(F)cc2c(c1F)CCCCC2=O. The van der Waals surface area contributed by atoms with Crippen molar-refractivity contribution in [2.45, 2.75) is 25.7 Å². The van der Waals surface area contributed by atoms with Gasteiger partial charge in [-0.05, 0) is 25.3 Å². The van der Waals surface area contributed by atoms with Gasteiger partial charge in [-0.2, -0.15) is 0 Å². The molecule has 0 aliphatic heterocycles. The van der Waals surface area contributed by atoms with E-state index in [2.05, 4.69) is 4.74 Å². The Morgan fingerprint density at radius 3 is 2.62 bits per heavy atom. The molecule has 2 rings (SSSR count). The molecule has 0 heterocycles. The maximum Gasteiger partial charge on any atom is 0.190 e. The Kier molecular flexibility index (Phi) is 2.90. The highest BCUT2D eigenvalue weighted by atomic mass is 19.1. The number of methoxy groups -OCH3 is 1. The number of rotatable bonds is 1. The van der Waals surface area contributed by atoms with Crippen molar-refractivity contribution in [3.8, 4) is 5.75 Å². The van der Waals surface area contributed by atoms with Crippen molar-refractivity contribution in [3.05, 3.63) is 28.8 Å². The Labute approximate surface area is 92.2 Å². The summed E-state index contributed by atoms with van der Waals surface area (Å²) in [6.07, 6.45) is 2.28. The minimum absolute atomic E-state index is 0.174. The topological polar surface area (TPSA) is 26.3 Å². The van der Waals surface area contributed by atoms with Crippen molar-refractivity contribution in [2.75, 3.05) is 7.11 Å². The molecular weight excluding hydrogens is 214 g/mol. The molecule has 16 heavy (non-hydrogen) atoms. The highest BCUT2D eigenvalue weighted by molar-refractivity contribution is 5.98. The molecule has 0 aromatic heterocycles. The van der Waals surface area contributed by atoms with Crippen LogP contribution in [-0.4, -0.2) is 12.9 Å². The van der Waals surface area contributed by atoms with E-state index in [1.807, 2.05) is 0 Å². The molecule has 0 atom stereocenters. The zero-order valence-corrected chi connectivity index (χ0v) is 8.98. The van der Waals surface area contributed by atoms with Crippen LogP contribution in [0, 0.1) is 11.6 Å². The summed E-state index contributed by atoms with van der Waals surface area (Å²) in [4.78, 5) is 11.6. The highest BCUT2D eigenvalue weighted by Gasteiger charge is 2.24. The van der Waals surface area contributed by atoms with Crippen LogP contribution in [-0.2, 0) is 6.42 Å². The van der Waals surface area contributed by atoms with Crippen molar-refractivity contribution in [2.24, 2.45) is 0 Å². The van der Waals surface area contributed by atoms with Gasteiger partial charge in [0.2, 0.25) is 0 Å². The van der Waals surface area contributed by atoms with Crippen LogP contribution in [0.5, 0.6) is 5.75 Å². The maximum atomic E-state index is 13.9. The summed E-state index contributed by atoms with van der Waals surface area (Å²) < 4.78 is 31.9. The molecule has 0 unspecified atom stereocenters. The molecule has 1 aliphatic rings. The molecule has 0 saturated heterocycles. The van der Waals surface area contributed by atoms with Gasteiger partial charge >= 0.3 is 0 Å². The van der Waals surface area contributed by atoms with E-state index in [-0.39, 0.29) is 11.3 Å². The van der Waals surface area contributed by atoms with Gasteiger partial charge in [0, 0.05) is 17.5 Å². The lowest BCUT2D eigenvalue weighted by molar-refractivity contribution is 0.0981. The number of fused-ring (bicyclic) bond motifs is 1. The number of hydrogen-bond acceptors (Lipinski definition) is 2. The van der Waals surface area contributed by atoms with Crippen LogP contribution < -0.4 is 4.74 Å². The predicted octanol–water partition coefficient (Wildman–Crippen LogP) is 2.88. The molecule has 1 aromatic carbocycles. The van der Waals surface area contributed by atoms with Crippen molar-refractivity contribution >= 4 is 5.78 Å². The van der Waals surface area contributed by atoms with Crippen LogP contribution in [0.4, 0.5) is 8.78 Å². The average molecular weight is 226 g/mol. The molecule has 86 valence electrons. The standard InChI is InChI=1S/C12H12F2O2/c1-16-12-9(13)6-8-7(11(12)14)4-2-3-5-10(8)15/h6H,2-5H2,1H3. The third-order valence-corrected chi connectivity index (χ3v) is 2.86.